The summed E-state index contributed by atoms with van der Waals surface area (Å²) < 4.78 is 5.26. The first-order chi connectivity index (χ1) is 8.99. The second-order valence-electron chi connectivity index (χ2n) is 5.12. The normalized spacial score (nSPS) is 11.7. The molecular weight excluding hydrogens is 296 g/mol. The molecule has 0 saturated carbocycles. The van der Waals surface area contributed by atoms with E-state index in [1.54, 1.807) is 11.3 Å². The first-order valence-electron chi connectivity index (χ1n) is 6.35. The molecule has 0 unspecified atom stereocenters. The van der Waals surface area contributed by atoms with Gasteiger partial charge in [0.15, 0.2) is 5.82 Å². The lowest BCUT2D eigenvalue weighted by atomic mass is 10.1. The standard InChI is InChI=1S/C13H20N4OS.ClH/c1-4-17(8-10-6-5-7-19-10)9-11-15-12(16-18-11)13(2,3)14;/h5-7H,4,8-9,14H2,1-3H3;1H. The van der Waals surface area contributed by atoms with Gasteiger partial charge in [0.25, 0.3) is 0 Å². The van der Waals surface area contributed by atoms with E-state index < -0.39 is 5.54 Å². The molecule has 0 atom stereocenters. The average molecular weight is 317 g/mol. The molecule has 20 heavy (non-hydrogen) atoms. The minimum atomic E-state index is -0.563. The van der Waals surface area contributed by atoms with Gasteiger partial charge in [0, 0.05) is 11.4 Å². The van der Waals surface area contributed by atoms with Crippen LogP contribution in [-0.4, -0.2) is 21.6 Å². The molecule has 0 aromatic carbocycles. The second-order valence-corrected chi connectivity index (χ2v) is 6.15. The highest BCUT2D eigenvalue weighted by Gasteiger charge is 2.22. The van der Waals surface area contributed by atoms with Crippen LogP contribution in [0.25, 0.3) is 0 Å². The van der Waals surface area contributed by atoms with E-state index in [0.29, 0.717) is 18.3 Å². The van der Waals surface area contributed by atoms with Crippen molar-refractivity contribution in [1.82, 2.24) is 15.0 Å². The molecule has 0 aliphatic heterocycles. The fraction of sp³-hybridized carbons (Fsp3) is 0.538. The molecule has 0 aliphatic rings. The molecule has 0 fully saturated rings. The van der Waals surface area contributed by atoms with Gasteiger partial charge in [-0.15, -0.1) is 23.7 Å². The van der Waals surface area contributed by atoms with Crippen LogP contribution in [0.15, 0.2) is 22.0 Å². The van der Waals surface area contributed by atoms with E-state index in [-0.39, 0.29) is 12.4 Å². The van der Waals surface area contributed by atoms with Crippen molar-refractivity contribution in [3.63, 3.8) is 0 Å². The summed E-state index contributed by atoms with van der Waals surface area (Å²) in [5.41, 5.74) is 5.38. The van der Waals surface area contributed by atoms with Gasteiger partial charge >= 0.3 is 0 Å². The summed E-state index contributed by atoms with van der Waals surface area (Å²) in [5, 5.41) is 6.02. The quantitative estimate of drug-likeness (QED) is 0.887. The highest BCUT2D eigenvalue weighted by atomic mass is 35.5. The molecule has 2 heterocycles. The van der Waals surface area contributed by atoms with Crippen molar-refractivity contribution in [2.45, 2.75) is 39.4 Å². The molecule has 112 valence electrons. The van der Waals surface area contributed by atoms with Crippen LogP contribution in [0.4, 0.5) is 0 Å². The third kappa shape index (κ3) is 4.56. The molecule has 2 aromatic heterocycles. The van der Waals surface area contributed by atoms with Crippen LogP contribution < -0.4 is 5.73 Å². The van der Waals surface area contributed by atoms with Crippen LogP contribution in [0.1, 0.15) is 37.4 Å². The second kappa shape index (κ2) is 7.17. The summed E-state index contributed by atoms with van der Waals surface area (Å²) in [6, 6.07) is 4.20. The van der Waals surface area contributed by atoms with E-state index >= 15 is 0 Å². The summed E-state index contributed by atoms with van der Waals surface area (Å²) in [5.74, 6) is 1.17. The summed E-state index contributed by atoms with van der Waals surface area (Å²) in [7, 11) is 0. The van der Waals surface area contributed by atoms with Gasteiger partial charge in [-0.2, -0.15) is 4.98 Å². The SMILES string of the molecule is CCN(Cc1nc(C(C)(C)N)no1)Cc1cccs1.Cl. The molecule has 0 bridgehead atoms. The molecule has 2 rings (SSSR count). The van der Waals surface area contributed by atoms with E-state index in [2.05, 4.69) is 39.5 Å². The van der Waals surface area contributed by atoms with Crippen molar-refractivity contribution < 1.29 is 4.52 Å². The van der Waals surface area contributed by atoms with Crippen LogP contribution in [-0.2, 0) is 18.6 Å². The Balaban J connectivity index is 0.00000200. The van der Waals surface area contributed by atoms with Gasteiger partial charge in [0.1, 0.15) is 0 Å². The summed E-state index contributed by atoms with van der Waals surface area (Å²) in [4.78, 5) is 7.95. The van der Waals surface area contributed by atoms with Gasteiger partial charge in [0.05, 0.1) is 12.1 Å². The zero-order valence-electron chi connectivity index (χ0n) is 12.0. The molecule has 0 saturated heterocycles. The van der Waals surface area contributed by atoms with E-state index in [4.69, 9.17) is 10.3 Å². The fourth-order valence-electron chi connectivity index (χ4n) is 1.67. The third-order valence-electron chi connectivity index (χ3n) is 2.81. The lowest BCUT2D eigenvalue weighted by Crippen LogP contribution is -2.30. The number of nitrogens with zero attached hydrogens (tertiary/aromatic N) is 3. The predicted octanol–water partition coefficient (Wildman–Crippen LogP) is 2.77. The lowest BCUT2D eigenvalue weighted by molar-refractivity contribution is 0.230. The Morgan fingerprint density at radius 1 is 1.40 bits per heavy atom. The van der Waals surface area contributed by atoms with Crippen LogP contribution in [0.2, 0.25) is 0 Å². The van der Waals surface area contributed by atoms with E-state index in [0.717, 1.165) is 13.1 Å². The number of aromatic nitrogens is 2. The smallest absolute Gasteiger partial charge is 0.240 e. The lowest BCUT2D eigenvalue weighted by Gasteiger charge is -2.17. The number of thiophene rings is 1. The Morgan fingerprint density at radius 3 is 2.65 bits per heavy atom. The van der Waals surface area contributed by atoms with Gasteiger partial charge in [0.2, 0.25) is 5.89 Å². The number of hydrogen-bond donors (Lipinski definition) is 1. The maximum Gasteiger partial charge on any atom is 0.240 e. The Kier molecular flexibility index (Phi) is 6.13. The van der Waals surface area contributed by atoms with E-state index in [1.807, 2.05) is 13.8 Å². The molecule has 2 aromatic rings. The van der Waals surface area contributed by atoms with Crippen molar-refractivity contribution in [3.8, 4) is 0 Å². The zero-order chi connectivity index (χ0) is 13.9. The topological polar surface area (TPSA) is 68.2 Å². The maximum absolute atomic E-state index is 5.95. The highest BCUT2D eigenvalue weighted by Crippen LogP contribution is 2.16. The summed E-state index contributed by atoms with van der Waals surface area (Å²) in [6.07, 6.45) is 0. The Bertz CT molecular complexity index is 507. The molecule has 0 amide bonds. The molecular formula is C13H21ClN4OS. The first kappa shape index (κ1) is 17.1. The summed E-state index contributed by atoms with van der Waals surface area (Å²) in [6.45, 7) is 8.34. The Morgan fingerprint density at radius 2 is 2.15 bits per heavy atom. The summed E-state index contributed by atoms with van der Waals surface area (Å²) >= 11 is 1.76. The van der Waals surface area contributed by atoms with Gasteiger partial charge in [-0.05, 0) is 31.8 Å². The van der Waals surface area contributed by atoms with Gasteiger partial charge < -0.3 is 10.3 Å². The van der Waals surface area contributed by atoms with Crippen molar-refractivity contribution in [3.05, 3.63) is 34.1 Å². The van der Waals surface area contributed by atoms with Crippen molar-refractivity contribution >= 4 is 23.7 Å². The molecule has 5 nitrogen and oxygen atoms in total. The number of halogens is 1. The zero-order valence-corrected chi connectivity index (χ0v) is 13.6. The molecule has 2 N–H and O–H groups in total. The minimum absolute atomic E-state index is 0. The van der Waals surface area contributed by atoms with Gasteiger partial charge in [-0.1, -0.05) is 18.1 Å². The Hall–Kier alpha value is -0.950. The minimum Gasteiger partial charge on any atom is -0.338 e. The van der Waals surface area contributed by atoms with Gasteiger partial charge in [-0.3, -0.25) is 4.90 Å². The number of rotatable bonds is 6. The molecule has 0 aliphatic carbocycles. The van der Waals surface area contributed by atoms with Gasteiger partial charge in [-0.25, -0.2) is 0 Å². The molecule has 7 heteroatoms. The highest BCUT2D eigenvalue weighted by molar-refractivity contribution is 7.09. The largest absolute Gasteiger partial charge is 0.338 e. The fourth-order valence-corrected chi connectivity index (χ4v) is 2.42. The van der Waals surface area contributed by atoms with Crippen molar-refractivity contribution in [2.24, 2.45) is 5.73 Å². The monoisotopic (exact) mass is 316 g/mol. The third-order valence-corrected chi connectivity index (χ3v) is 3.67. The molecule has 0 radical (unpaired) electrons. The average Bonchev–Trinajstić information content (AvgIpc) is 2.98. The van der Waals surface area contributed by atoms with E-state index in [9.17, 15) is 0 Å². The van der Waals surface area contributed by atoms with Crippen molar-refractivity contribution in [2.75, 3.05) is 6.54 Å². The molecule has 0 spiro atoms. The maximum atomic E-state index is 5.95. The predicted molar refractivity (Wildman–Crippen MR) is 82.9 cm³/mol. The van der Waals surface area contributed by atoms with Crippen LogP contribution >= 0.6 is 23.7 Å². The number of nitrogens with two attached hydrogens (primary N) is 1. The van der Waals surface area contributed by atoms with Crippen LogP contribution in [0, 0.1) is 0 Å². The Labute approximate surface area is 129 Å². The van der Waals surface area contributed by atoms with Crippen LogP contribution in [0.5, 0.6) is 0 Å². The first-order valence-corrected chi connectivity index (χ1v) is 7.23. The van der Waals surface area contributed by atoms with Crippen LogP contribution in [0.3, 0.4) is 0 Å². The van der Waals surface area contributed by atoms with E-state index in [1.165, 1.54) is 4.88 Å². The number of hydrogen-bond acceptors (Lipinski definition) is 6. The van der Waals surface area contributed by atoms with Crippen molar-refractivity contribution in [1.29, 1.82) is 0 Å².